The Labute approximate surface area is 127 Å². The van der Waals surface area contributed by atoms with Gasteiger partial charge in [-0.15, -0.1) is 0 Å². The first-order chi connectivity index (χ1) is 10.7. The van der Waals surface area contributed by atoms with Gasteiger partial charge in [0.05, 0.1) is 19.3 Å². The van der Waals surface area contributed by atoms with Crippen molar-refractivity contribution in [2.24, 2.45) is 0 Å². The van der Waals surface area contributed by atoms with E-state index in [-0.39, 0.29) is 11.2 Å². The number of methoxy groups -OCH3 is 1. The van der Waals surface area contributed by atoms with Crippen LogP contribution in [0.25, 0.3) is 0 Å². The van der Waals surface area contributed by atoms with Crippen LogP contribution >= 0.6 is 0 Å². The number of aromatic nitrogens is 2. The number of nitrogens with zero attached hydrogens (tertiary/aromatic N) is 4. The lowest BCUT2D eigenvalue weighted by Gasteiger charge is -2.18. The van der Waals surface area contributed by atoms with Crippen LogP contribution in [0.3, 0.4) is 0 Å². The Morgan fingerprint density at radius 2 is 2.32 bits per heavy atom. The fraction of sp³-hybridized carbons (Fsp3) is 0.400. The van der Waals surface area contributed by atoms with Crippen LogP contribution < -0.4 is 10.2 Å². The molecule has 0 saturated heterocycles. The van der Waals surface area contributed by atoms with Gasteiger partial charge in [0, 0.05) is 25.7 Å². The third-order valence-corrected chi connectivity index (χ3v) is 3.66. The molecule has 0 saturated carbocycles. The molecular formula is C15H16N4O3. The van der Waals surface area contributed by atoms with Crippen molar-refractivity contribution in [2.75, 3.05) is 13.7 Å². The number of hydrogen-bond donors (Lipinski definition) is 0. The van der Waals surface area contributed by atoms with E-state index in [1.165, 1.54) is 19.4 Å². The first-order valence-electron chi connectivity index (χ1n) is 7.04. The second kappa shape index (κ2) is 6.03. The van der Waals surface area contributed by atoms with Gasteiger partial charge in [0.2, 0.25) is 11.2 Å². The quantitative estimate of drug-likeness (QED) is 0.844. The Hall–Kier alpha value is -2.59. The van der Waals surface area contributed by atoms with E-state index in [0.29, 0.717) is 24.5 Å². The van der Waals surface area contributed by atoms with Gasteiger partial charge < -0.3 is 9.15 Å². The van der Waals surface area contributed by atoms with Gasteiger partial charge in [0.25, 0.3) is 0 Å². The van der Waals surface area contributed by atoms with E-state index in [0.717, 1.165) is 25.2 Å². The highest BCUT2D eigenvalue weighted by atomic mass is 16.5. The maximum absolute atomic E-state index is 11.8. The topological polar surface area (TPSA) is 84.3 Å². The summed E-state index contributed by atoms with van der Waals surface area (Å²) in [6, 6.07) is 5.33. The van der Waals surface area contributed by atoms with Crippen molar-refractivity contribution in [3.63, 3.8) is 0 Å². The van der Waals surface area contributed by atoms with Gasteiger partial charge >= 0.3 is 0 Å². The van der Waals surface area contributed by atoms with E-state index in [9.17, 15) is 4.79 Å². The predicted octanol–water partition coefficient (Wildman–Crippen LogP) is 1.12. The van der Waals surface area contributed by atoms with E-state index < -0.39 is 0 Å². The van der Waals surface area contributed by atoms with Crippen molar-refractivity contribution in [2.45, 2.75) is 26.1 Å². The molecule has 3 heterocycles. The molecule has 0 spiro atoms. The molecule has 0 fully saturated rings. The molecule has 0 aromatic carbocycles. The molecule has 7 heteroatoms. The maximum Gasteiger partial charge on any atom is 0.227 e. The molecule has 0 N–H and O–H groups in total. The Morgan fingerprint density at radius 1 is 1.45 bits per heavy atom. The molecule has 0 radical (unpaired) electrons. The normalized spacial score (nSPS) is 14.9. The number of nitriles is 1. The summed E-state index contributed by atoms with van der Waals surface area (Å²) in [4.78, 5) is 13.9. The Kier molecular flexibility index (Phi) is 3.94. The SMILES string of the molecule is COc1coc(CN2CCCn3nc(C#N)cc3C2)cc1=O. The molecule has 3 rings (SSSR count). The summed E-state index contributed by atoms with van der Waals surface area (Å²) in [5.74, 6) is 0.802. The van der Waals surface area contributed by atoms with Crippen LogP contribution in [0.5, 0.6) is 5.75 Å². The Bertz CT molecular complexity index is 772. The summed E-state index contributed by atoms with van der Waals surface area (Å²) in [5.41, 5.74) is 1.26. The second-order valence-electron chi connectivity index (χ2n) is 5.20. The van der Waals surface area contributed by atoms with Gasteiger partial charge in [-0.3, -0.25) is 14.4 Å². The molecule has 1 aliphatic heterocycles. The molecule has 0 atom stereocenters. The highest BCUT2D eigenvalue weighted by Crippen LogP contribution is 2.16. The first kappa shape index (κ1) is 14.4. The lowest BCUT2D eigenvalue weighted by atomic mass is 10.3. The molecule has 114 valence electrons. The predicted molar refractivity (Wildman–Crippen MR) is 77.2 cm³/mol. The molecule has 2 aromatic heterocycles. The number of ether oxygens (including phenoxy) is 1. The molecular weight excluding hydrogens is 284 g/mol. The smallest absolute Gasteiger partial charge is 0.227 e. The van der Waals surface area contributed by atoms with Crippen LogP contribution in [0.2, 0.25) is 0 Å². The fourth-order valence-electron chi connectivity index (χ4n) is 2.61. The molecule has 0 bridgehead atoms. The standard InChI is InChI=1S/C15H16N4O3/c1-21-15-10-22-13(6-14(15)20)9-18-3-2-4-19-12(8-18)5-11(7-16)17-19/h5-6,10H,2-4,8-9H2,1H3. The van der Waals surface area contributed by atoms with Crippen molar-refractivity contribution >= 4 is 0 Å². The van der Waals surface area contributed by atoms with Gasteiger partial charge in [-0.1, -0.05) is 0 Å². The van der Waals surface area contributed by atoms with Crippen molar-refractivity contribution in [1.29, 1.82) is 5.26 Å². The lowest BCUT2D eigenvalue weighted by Crippen LogP contribution is -2.23. The van der Waals surface area contributed by atoms with Crippen LogP contribution in [-0.4, -0.2) is 28.3 Å². The van der Waals surface area contributed by atoms with E-state index in [4.69, 9.17) is 14.4 Å². The zero-order valence-electron chi connectivity index (χ0n) is 12.3. The van der Waals surface area contributed by atoms with Crippen LogP contribution in [0.1, 0.15) is 23.6 Å². The van der Waals surface area contributed by atoms with Crippen molar-refractivity contribution in [3.8, 4) is 11.8 Å². The monoisotopic (exact) mass is 300 g/mol. The van der Waals surface area contributed by atoms with E-state index in [1.54, 1.807) is 0 Å². The molecule has 0 amide bonds. The van der Waals surface area contributed by atoms with Crippen LogP contribution in [0, 0.1) is 11.3 Å². The van der Waals surface area contributed by atoms with E-state index in [1.807, 2.05) is 10.7 Å². The minimum absolute atomic E-state index is 0.185. The minimum atomic E-state index is -0.185. The molecule has 2 aromatic rings. The van der Waals surface area contributed by atoms with Gasteiger partial charge in [0.15, 0.2) is 5.69 Å². The summed E-state index contributed by atoms with van der Waals surface area (Å²) in [6.45, 7) is 2.87. The average molecular weight is 300 g/mol. The van der Waals surface area contributed by atoms with Crippen molar-refractivity contribution in [3.05, 3.63) is 45.8 Å². The van der Waals surface area contributed by atoms with E-state index >= 15 is 0 Å². The van der Waals surface area contributed by atoms with Gasteiger partial charge in [-0.2, -0.15) is 10.4 Å². The maximum atomic E-state index is 11.8. The van der Waals surface area contributed by atoms with Gasteiger partial charge in [0.1, 0.15) is 18.1 Å². The second-order valence-corrected chi connectivity index (χ2v) is 5.20. The Morgan fingerprint density at radius 3 is 3.05 bits per heavy atom. The van der Waals surface area contributed by atoms with Crippen molar-refractivity contribution < 1.29 is 9.15 Å². The van der Waals surface area contributed by atoms with Gasteiger partial charge in [-0.05, 0) is 12.5 Å². The summed E-state index contributed by atoms with van der Waals surface area (Å²) >= 11 is 0. The number of rotatable bonds is 3. The van der Waals surface area contributed by atoms with Crippen LogP contribution in [0.4, 0.5) is 0 Å². The fourth-order valence-corrected chi connectivity index (χ4v) is 2.61. The molecule has 0 unspecified atom stereocenters. The Balaban J connectivity index is 1.77. The largest absolute Gasteiger partial charge is 0.490 e. The summed E-state index contributed by atoms with van der Waals surface area (Å²) in [7, 11) is 1.44. The summed E-state index contributed by atoms with van der Waals surface area (Å²) in [6.07, 6.45) is 2.27. The molecule has 0 aliphatic carbocycles. The number of fused-ring (bicyclic) bond motifs is 1. The van der Waals surface area contributed by atoms with Crippen LogP contribution in [-0.2, 0) is 19.6 Å². The first-order valence-corrected chi connectivity index (χ1v) is 7.04. The highest BCUT2D eigenvalue weighted by Gasteiger charge is 2.18. The number of hydrogen-bond acceptors (Lipinski definition) is 6. The molecule has 22 heavy (non-hydrogen) atoms. The minimum Gasteiger partial charge on any atom is -0.490 e. The molecule has 7 nitrogen and oxygen atoms in total. The highest BCUT2D eigenvalue weighted by molar-refractivity contribution is 5.23. The number of aryl methyl sites for hydroxylation is 1. The van der Waals surface area contributed by atoms with E-state index in [2.05, 4.69) is 16.1 Å². The summed E-state index contributed by atoms with van der Waals surface area (Å²) in [5, 5.41) is 13.2. The zero-order chi connectivity index (χ0) is 15.5. The van der Waals surface area contributed by atoms with Crippen LogP contribution in [0.15, 0.2) is 27.6 Å². The van der Waals surface area contributed by atoms with Gasteiger partial charge in [-0.25, -0.2) is 0 Å². The molecule has 1 aliphatic rings. The summed E-state index contributed by atoms with van der Waals surface area (Å²) < 4.78 is 12.2. The zero-order valence-corrected chi connectivity index (χ0v) is 12.3. The average Bonchev–Trinajstić information content (AvgIpc) is 2.80. The lowest BCUT2D eigenvalue weighted by molar-refractivity contribution is 0.234. The third-order valence-electron chi connectivity index (χ3n) is 3.66. The third kappa shape index (κ3) is 2.87. The van der Waals surface area contributed by atoms with Crippen molar-refractivity contribution in [1.82, 2.24) is 14.7 Å².